The molecular formula is C16H11Cl2N3O3S. The van der Waals surface area contributed by atoms with Crippen LogP contribution in [-0.2, 0) is 9.53 Å². The molecule has 25 heavy (non-hydrogen) atoms. The number of thiocyanates is 1. The number of esters is 1. The van der Waals surface area contributed by atoms with Gasteiger partial charge in [0.2, 0.25) is 0 Å². The number of carbonyl (C=O) groups excluding carboxylic acids is 2. The van der Waals surface area contributed by atoms with E-state index in [0.717, 1.165) is 22.2 Å². The number of hydrogen-bond acceptors (Lipinski definition) is 6. The van der Waals surface area contributed by atoms with E-state index in [1.807, 2.05) is 5.40 Å². The highest BCUT2D eigenvalue weighted by molar-refractivity contribution is 8.03. The van der Waals surface area contributed by atoms with Gasteiger partial charge in [-0.1, -0.05) is 23.2 Å². The molecule has 0 aliphatic rings. The van der Waals surface area contributed by atoms with E-state index in [4.69, 9.17) is 33.2 Å². The summed E-state index contributed by atoms with van der Waals surface area (Å²) in [5.41, 5.74) is 1.45. The van der Waals surface area contributed by atoms with Crippen molar-refractivity contribution in [2.75, 3.05) is 11.9 Å². The predicted molar refractivity (Wildman–Crippen MR) is 95.8 cm³/mol. The first kappa shape index (κ1) is 19.1. The summed E-state index contributed by atoms with van der Waals surface area (Å²) in [5, 5.41) is 13.5. The average molecular weight is 396 g/mol. The van der Waals surface area contributed by atoms with Crippen LogP contribution in [0.4, 0.5) is 5.69 Å². The predicted octanol–water partition coefficient (Wildman–Crippen LogP) is 4.07. The number of halogens is 2. The van der Waals surface area contributed by atoms with Crippen molar-refractivity contribution in [3.8, 4) is 5.40 Å². The fourth-order valence-electron chi connectivity index (χ4n) is 1.83. The Balaban J connectivity index is 1.93. The van der Waals surface area contributed by atoms with Crippen LogP contribution < -0.4 is 5.32 Å². The first-order valence-corrected chi connectivity index (χ1v) is 8.42. The number of ether oxygens (including phenoxy) is 1. The van der Waals surface area contributed by atoms with Gasteiger partial charge in [0.15, 0.2) is 6.61 Å². The van der Waals surface area contributed by atoms with Crippen LogP contribution in [0.3, 0.4) is 0 Å². The highest BCUT2D eigenvalue weighted by atomic mass is 35.5. The van der Waals surface area contributed by atoms with E-state index >= 15 is 0 Å². The minimum atomic E-state index is -0.737. The van der Waals surface area contributed by atoms with E-state index in [1.54, 1.807) is 25.1 Å². The maximum Gasteiger partial charge on any atom is 0.340 e. The van der Waals surface area contributed by atoms with Gasteiger partial charge in [0.1, 0.15) is 10.6 Å². The number of anilines is 1. The second-order valence-corrected chi connectivity index (χ2v) is 6.41. The summed E-state index contributed by atoms with van der Waals surface area (Å²) in [6, 6.07) is 6.48. The Hall–Kier alpha value is -2.27. The summed E-state index contributed by atoms with van der Waals surface area (Å²) in [4.78, 5) is 28.3. The third-order valence-corrected chi connectivity index (χ3v) is 4.27. The quantitative estimate of drug-likeness (QED) is 0.355. The van der Waals surface area contributed by atoms with Crippen LogP contribution in [-0.4, -0.2) is 23.5 Å². The highest BCUT2D eigenvalue weighted by Crippen LogP contribution is 2.23. The maximum absolute atomic E-state index is 11.9. The minimum Gasteiger partial charge on any atom is -0.452 e. The number of pyridine rings is 1. The van der Waals surface area contributed by atoms with E-state index in [0.29, 0.717) is 5.69 Å². The Morgan fingerprint density at radius 2 is 2.12 bits per heavy atom. The normalized spacial score (nSPS) is 10.0. The van der Waals surface area contributed by atoms with Gasteiger partial charge in [-0.3, -0.25) is 4.79 Å². The molecular weight excluding hydrogens is 385 g/mol. The Morgan fingerprint density at radius 3 is 2.76 bits per heavy atom. The van der Waals surface area contributed by atoms with Crippen molar-refractivity contribution in [3.05, 3.63) is 51.8 Å². The molecule has 0 radical (unpaired) electrons. The lowest BCUT2D eigenvalue weighted by Crippen LogP contribution is -2.21. The van der Waals surface area contributed by atoms with Crippen LogP contribution in [0, 0.1) is 17.6 Å². The molecule has 2 aromatic rings. The summed E-state index contributed by atoms with van der Waals surface area (Å²) < 4.78 is 4.92. The van der Waals surface area contributed by atoms with Gasteiger partial charge in [-0.25, -0.2) is 9.78 Å². The van der Waals surface area contributed by atoms with Gasteiger partial charge in [0.25, 0.3) is 5.91 Å². The van der Waals surface area contributed by atoms with E-state index < -0.39 is 18.5 Å². The Bertz CT molecular complexity index is 868. The largest absolute Gasteiger partial charge is 0.452 e. The topological polar surface area (TPSA) is 92.1 Å². The van der Waals surface area contributed by atoms with Crippen LogP contribution in [0.25, 0.3) is 0 Å². The number of aromatic nitrogens is 1. The van der Waals surface area contributed by atoms with Crippen molar-refractivity contribution in [2.24, 2.45) is 0 Å². The summed E-state index contributed by atoms with van der Waals surface area (Å²) in [7, 11) is 0. The Labute approximate surface area is 158 Å². The van der Waals surface area contributed by atoms with E-state index in [1.165, 1.54) is 12.3 Å². The number of nitrogens with one attached hydrogen (secondary N) is 1. The monoisotopic (exact) mass is 395 g/mol. The summed E-state index contributed by atoms with van der Waals surface area (Å²) in [5.74, 6) is -1.23. The zero-order valence-corrected chi connectivity index (χ0v) is 15.2. The molecule has 1 aromatic carbocycles. The molecule has 2 rings (SSSR count). The average Bonchev–Trinajstić information content (AvgIpc) is 2.58. The molecule has 0 aliphatic carbocycles. The fraction of sp³-hybridized carbons (Fsp3) is 0.125. The van der Waals surface area contributed by atoms with Gasteiger partial charge in [-0.15, -0.1) is 0 Å². The van der Waals surface area contributed by atoms with Gasteiger partial charge in [0, 0.05) is 16.8 Å². The van der Waals surface area contributed by atoms with Gasteiger partial charge in [0.05, 0.1) is 10.6 Å². The standard InChI is InChI=1S/C16H11Cl2N3O3S/c1-9-4-11(25-8-19)2-3-13(9)21-14(22)7-24-16(23)10-5-12(17)15(18)20-6-10/h2-6H,7H2,1H3,(H,21,22). The molecule has 0 aliphatic heterocycles. The van der Waals surface area contributed by atoms with Gasteiger partial charge in [-0.2, -0.15) is 5.26 Å². The van der Waals surface area contributed by atoms with E-state index in [9.17, 15) is 9.59 Å². The number of hydrogen-bond donors (Lipinski definition) is 1. The molecule has 0 saturated carbocycles. The number of amides is 1. The van der Waals surface area contributed by atoms with Crippen molar-refractivity contribution in [1.29, 1.82) is 5.26 Å². The zero-order chi connectivity index (χ0) is 18.4. The zero-order valence-electron chi connectivity index (χ0n) is 12.9. The smallest absolute Gasteiger partial charge is 0.340 e. The number of thioether (sulfide) groups is 1. The van der Waals surface area contributed by atoms with Crippen molar-refractivity contribution in [3.63, 3.8) is 0 Å². The molecule has 6 nitrogen and oxygen atoms in total. The number of rotatable bonds is 5. The second-order valence-electron chi connectivity index (χ2n) is 4.79. The molecule has 0 unspecified atom stereocenters. The maximum atomic E-state index is 11.9. The van der Waals surface area contributed by atoms with Crippen molar-refractivity contribution < 1.29 is 14.3 Å². The molecule has 1 N–H and O–H groups in total. The molecule has 128 valence electrons. The number of aryl methyl sites for hydroxylation is 1. The van der Waals surface area contributed by atoms with Crippen LogP contribution in [0.2, 0.25) is 10.2 Å². The Kier molecular flexibility index (Phi) is 6.65. The highest BCUT2D eigenvalue weighted by Gasteiger charge is 2.13. The summed E-state index contributed by atoms with van der Waals surface area (Å²) >= 11 is 12.5. The molecule has 0 atom stereocenters. The van der Waals surface area contributed by atoms with Gasteiger partial charge < -0.3 is 10.1 Å². The molecule has 0 spiro atoms. The van der Waals surface area contributed by atoms with Gasteiger partial charge in [-0.05, 0) is 48.5 Å². The SMILES string of the molecule is Cc1cc(SC#N)ccc1NC(=O)COC(=O)c1cnc(Cl)c(Cl)c1. The Morgan fingerprint density at radius 1 is 1.36 bits per heavy atom. The lowest BCUT2D eigenvalue weighted by molar-refractivity contribution is -0.119. The van der Waals surface area contributed by atoms with Crippen molar-refractivity contribution >= 4 is 52.5 Å². The first-order valence-electron chi connectivity index (χ1n) is 6.85. The van der Waals surface area contributed by atoms with Crippen LogP contribution in [0.5, 0.6) is 0 Å². The molecule has 1 aromatic heterocycles. The van der Waals surface area contributed by atoms with Crippen molar-refractivity contribution in [2.45, 2.75) is 11.8 Å². The summed E-state index contributed by atoms with van der Waals surface area (Å²) in [6.45, 7) is 1.33. The first-order chi connectivity index (χ1) is 11.9. The summed E-state index contributed by atoms with van der Waals surface area (Å²) in [6.07, 6.45) is 1.21. The van der Waals surface area contributed by atoms with Crippen molar-refractivity contribution in [1.82, 2.24) is 4.98 Å². The number of nitriles is 1. The third kappa shape index (κ3) is 5.36. The molecule has 0 bridgehead atoms. The van der Waals surface area contributed by atoms with Gasteiger partial charge >= 0.3 is 5.97 Å². The lowest BCUT2D eigenvalue weighted by atomic mass is 10.2. The molecule has 1 heterocycles. The van der Waals surface area contributed by atoms with Crippen LogP contribution in [0.15, 0.2) is 35.4 Å². The number of carbonyl (C=O) groups is 2. The lowest BCUT2D eigenvalue weighted by Gasteiger charge is -2.10. The molecule has 9 heteroatoms. The third-order valence-electron chi connectivity index (χ3n) is 3.00. The molecule has 0 fully saturated rings. The molecule has 1 amide bonds. The molecule has 0 saturated heterocycles. The van der Waals surface area contributed by atoms with E-state index in [-0.39, 0.29) is 15.7 Å². The van der Waals surface area contributed by atoms with E-state index in [2.05, 4.69) is 10.3 Å². The number of nitrogens with zero attached hydrogens (tertiary/aromatic N) is 2. The minimum absolute atomic E-state index is 0.0736. The van der Waals surface area contributed by atoms with Crippen LogP contribution >= 0.6 is 35.0 Å². The second kappa shape index (κ2) is 8.72. The van der Waals surface area contributed by atoms with Crippen LogP contribution in [0.1, 0.15) is 15.9 Å². The number of benzene rings is 1. The fourth-order valence-corrected chi connectivity index (χ4v) is 2.57.